The van der Waals surface area contributed by atoms with Crippen LogP contribution in [-0.2, 0) is 19.0 Å². The van der Waals surface area contributed by atoms with Crippen LogP contribution in [0, 0.1) is 0 Å². The van der Waals surface area contributed by atoms with E-state index in [1.54, 1.807) is 13.8 Å². The fraction of sp³-hybridized carbons (Fsp3) is 0.500. The first kappa shape index (κ1) is 13.1. The highest BCUT2D eigenvalue weighted by molar-refractivity contribution is 5.70. The number of ether oxygens (including phenoxy) is 3. The second kappa shape index (κ2) is 5.50. The minimum Gasteiger partial charge on any atom is -0.466 e. The monoisotopic (exact) mass is 250 g/mol. The zero-order valence-electron chi connectivity index (χ0n) is 10.7. The Morgan fingerprint density at radius 3 is 2.83 bits per heavy atom. The zero-order chi connectivity index (χ0) is 13.0. The molecule has 2 atom stereocenters. The third-order valence-electron chi connectivity index (χ3n) is 2.87. The number of hydrogen-bond donors (Lipinski definition) is 0. The summed E-state index contributed by atoms with van der Waals surface area (Å²) in [7, 11) is 0. The van der Waals surface area contributed by atoms with Crippen molar-refractivity contribution in [3.05, 3.63) is 35.9 Å². The molecule has 0 spiro atoms. The van der Waals surface area contributed by atoms with Gasteiger partial charge in [-0.2, -0.15) is 0 Å². The van der Waals surface area contributed by atoms with Crippen molar-refractivity contribution in [2.45, 2.75) is 32.2 Å². The maximum Gasteiger partial charge on any atom is 0.311 e. The second-order valence-corrected chi connectivity index (χ2v) is 4.44. The number of hydrogen-bond acceptors (Lipinski definition) is 4. The normalized spacial score (nSPS) is 27.1. The van der Waals surface area contributed by atoms with Crippen LogP contribution in [0.5, 0.6) is 0 Å². The molecule has 18 heavy (non-hydrogen) atoms. The molecule has 0 aliphatic carbocycles. The maximum atomic E-state index is 11.5. The number of carbonyl (C=O) groups excluding carboxylic acids is 1. The van der Waals surface area contributed by atoms with Crippen molar-refractivity contribution in [2.75, 3.05) is 13.2 Å². The van der Waals surface area contributed by atoms with Crippen LogP contribution in [0.1, 0.15) is 31.9 Å². The van der Waals surface area contributed by atoms with E-state index < -0.39 is 5.79 Å². The van der Waals surface area contributed by atoms with Crippen molar-refractivity contribution < 1.29 is 19.0 Å². The highest BCUT2D eigenvalue weighted by Gasteiger charge is 2.40. The van der Waals surface area contributed by atoms with E-state index in [0.29, 0.717) is 13.2 Å². The van der Waals surface area contributed by atoms with Gasteiger partial charge in [-0.15, -0.1) is 0 Å². The summed E-state index contributed by atoms with van der Waals surface area (Å²) in [4.78, 5) is 11.5. The quantitative estimate of drug-likeness (QED) is 0.770. The smallest absolute Gasteiger partial charge is 0.311 e. The van der Waals surface area contributed by atoms with Crippen LogP contribution < -0.4 is 0 Å². The lowest BCUT2D eigenvalue weighted by atomic mass is 10.1. The summed E-state index contributed by atoms with van der Waals surface area (Å²) in [5.41, 5.74) is 1.06. The predicted octanol–water partition coefficient (Wildman–Crippen LogP) is 2.44. The Hall–Kier alpha value is -1.39. The Kier molecular flexibility index (Phi) is 3.99. The Morgan fingerprint density at radius 2 is 2.17 bits per heavy atom. The van der Waals surface area contributed by atoms with Crippen molar-refractivity contribution in [1.82, 2.24) is 0 Å². The molecule has 1 saturated heterocycles. The molecule has 1 aromatic carbocycles. The first-order valence-corrected chi connectivity index (χ1v) is 6.15. The van der Waals surface area contributed by atoms with Gasteiger partial charge < -0.3 is 14.2 Å². The van der Waals surface area contributed by atoms with E-state index in [9.17, 15) is 4.79 Å². The number of rotatable bonds is 4. The van der Waals surface area contributed by atoms with Gasteiger partial charge in [-0.25, -0.2) is 0 Å². The molecule has 0 saturated carbocycles. The molecule has 4 nitrogen and oxygen atoms in total. The van der Waals surface area contributed by atoms with E-state index in [1.165, 1.54) is 0 Å². The van der Waals surface area contributed by atoms with Crippen LogP contribution in [0.3, 0.4) is 0 Å². The topological polar surface area (TPSA) is 44.8 Å². The molecular formula is C14H18O4. The zero-order valence-corrected chi connectivity index (χ0v) is 10.7. The fourth-order valence-electron chi connectivity index (χ4n) is 2.02. The maximum absolute atomic E-state index is 11.5. The minimum atomic E-state index is -0.882. The van der Waals surface area contributed by atoms with Crippen LogP contribution in [0.2, 0.25) is 0 Å². The van der Waals surface area contributed by atoms with E-state index in [1.807, 2.05) is 30.3 Å². The Labute approximate surface area is 107 Å². The average Bonchev–Trinajstić information content (AvgIpc) is 2.73. The summed E-state index contributed by atoms with van der Waals surface area (Å²) in [6.07, 6.45) is -0.00454. The molecule has 0 bridgehead atoms. The summed E-state index contributed by atoms with van der Waals surface area (Å²) in [5, 5.41) is 0. The number of carbonyl (C=O) groups is 1. The van der Waals surface area contributed by atoms with Crippen molar-refractivity contribution in [1.29, 1.82) is 0 Å². The molecule has 4 heteroatoms. The molecule has 2 rings (SSSR count). The van der Waals surface area contributed by atoms with Crippen LogP contribution in [-0.4, -0.2) is 25.0 Å². The molecule has 0 N–H and O–H groups in total. The van der Waals surface area contributed by atoms with Gasteiger partial charge in [0.2, 0.25) is 0 Å². The molecule has 0 aromatic heterocycles. The highest BCUT2D eigenvalue weighted by Crippen LogP contribution is 2.35. The lowest BCUT2D eigenvalue weighted by molar-refractivity contribution is -0.180. The van der Waals surface area contributed by atoms with Gasteiger partial charge in [0.1, 0.15) is 6.10 Å². The third-order valence-corrected chi connectivity index (χ3v) is 2.87. The largest absolute Gasteiger partial charge is 0.466 e. The second-order valence-electron chi connectivity index (χ2n) is 4.44. The lowest BCUT2D eigenvalue weighted by Gasteiger charge is -2.22. The number of benzene rings is 1. The van der Waals surface area contributed by atoms with Gasteiger partial charge in [-0.1, -0.05) is 30.3 Å². The third kappa shape index (κ3) is 3.09. The average molecular weight is 250 g/mol. The molecule has 0 radical (unpaired) electrons. The van der Waals surface area contributed by atoms with Gasteiger partial charge >= 0.3 is 5.97 Å². The van der Waals surface area contributed by atoms with Gasteiger partial charge in [-0.3, -0.25) is 4.79 Å². The molecule has 0 unspecified atom stereocenters. The van der Waals surface area contributed by atoms with Gasteiger partial charge in [0.25, 0.3) is 0 Å². The van der Waals surface area contributed by atoms with E-state index in [2.05, 4.69) is 0 Å². The summed E-state index contributed by atoms with van der Waals surface area (Å²) in [5.74, 6) is -1.18. The molecule has 1 heterocycles. The van der Waals surface area contributed by atoms with E-state index >= 15 is 0 Å². The van der Waals surface area contributed by atoms with Crippen molar-refractivity contribution in [2.24, 2.45) is 0 Å². The molecule has 98 valence electrons. The standard InChI is InChI=1S/C14H18O4/c1-3-16-13(15)9-14(2)17-10-12(18-14)11-7-5-4-6-8-11/h4-8,12H,3,9-10H2,1-2H3/t12-,14+/m1/s1. The summed E-state index contributed by atoms with van der Waals surface area (Å²) in [6, 6.07) is 9.85. The molecular weight excluding hydrogens is 232 g/mol. The first-order chi connectivity index (χ1) is 8.63. The summed E-state index contributed by atoms with van der Waals surface area (Å²) in [6.45, 7) is 4.38. The van der Waals surface area contributed by atoms with Gasteiger partial charge in [0, 0.05) is 0 Å². The number of esters is 1. The Bertz CT molecular complexity index is 404. The molecule has 1 fully saturated rings. The van der Waals surface area contributed by atoms with Crippen LogP contribution in [0.15, 0.2) is 30.3 Å². The van der Waals surface area contributed by atoms with Crippen LogP contribution in [0.4, 0.5) is 0 Å². The summed E-state index contributed by atoms with van der Waals surface area (Å²) >= 11 is 0. The van der Waals surface area contributed by atoms with Crippen LogP contribution in [0.25, 0.3) is 0 Å². The van der Waals surface area contributed by atoms with E-state index in [0.717, 1.165) is 5.56 Å². The Morgan fingerprint density at radius 1 is 1.44 bits per heavy atom. The van der Waals surface area contributed by atoms with Gasteiger partial charge in [-0.05, 0) is 19.4 Å². The van der Waals surface area contributed by atoms with Crippen molar-refractivity contribution in [3.63, 3.8) is 0 Å². The van der Waals surface area contributed by atoms with Crippen LogP contribution >= 0.6 is 0 Å². The van der Waals surface area contributed by atoms with E-state index in [4.69, 9.17) is 14.2 Å². The molecule has 1 aliphatic heterocycles. The molecule has 1 aromatic rings. The fourth-order valence-corrected chi connectivity index (χ4v) is 2.02. The SMILES string of the molecule is CCOC(=O)C[C@@]1(C)OC[C@H](c2ccccc2)O1. The molecule has 1 aliphatic rings. The van der Waals surface area contributed by atoms with Crippen molar-refractivity contribution >= 4 is 5.97 Å². The lowest BCUT2D eigenvalue weighted by Crippen LogP contribution is -2.30. The van der Waals surface area contributed by atoms with E-state index in [-0.39, 0.29) is 18.5 Å². The van der Waals surface area contributed by atoms with Gasteiger partial charge in [0.15, 0.2) is 5.79 Å². The Balaban J connectivity index is 1.97. The predicted molar refractivity (Wildman–Crippen MR) is 65.9 cm³/mol. The van der Waals surface area contributed by atoms with Gasteiger partial charge in [0.05, 0.1) is 19.6 Å². The van der Waals surface area contributed by atoms with Crippen molar-refractivity contribution in [3.8, 4) is 0 Å². The minimum absolute atomic E-state index is 0.115. The summed E-state index contributed by atoms with van der Waals surface area (Å²) < 4.78 is 16.3. The first-order valence-electron chi connectivity index (χ1n) is 6.15. The molecule has 0 amide bonds. The highest BCUT2D eigenvalue weighted by atomic mass is 16.7.